The Morgan fingerprint density at radius 1 is 1.37 bits per heavy atom. The highest BCUT2D eigenvalue weighted by molar-refractivity contribution is 7.80. The van der Waals surface area contributed by atoms with Gasteiger partial charge in [0, 0.05) is 12.6 Å². The van der Waals surface area contributed by atoms with Gasteiger partial charge in [-0.1, -0.05) is 26.1 Å². The summed E-state index contributed by atoms with van der Waals surface area (Å²) in [4.78, 5) is 10.9. The maximum Gasteiger partial charge on any atom is 0.144 e. The van der Waals surface area contributed by atoms with Gasteiger partial charge in [-0.2, -0.15) is 0 Å². The van der Waals surface area contributed by atoms with Crippen molar-refractivity contribution < 1.29 is 0 Å². The molecule has 0 saturated carbocycles. The predicted molar refractivity (Wildman–Crippen MR) is 83.3 cm³/mol. The van der Waals surface area contributed by atoms with Gasteiger partial charge in [0.1, 0.15) is 16.5 Å². The Bertz CT molecular complexity index is 392. The summed E-state index contributed by atoms with van der Waals surface area (Å²) < 4.78 is 0. The summed E-state index contributed by atoms with van der Waals surface area (Å²) in [5, 5.41) is 3.41. The fraction of sp³-hybridized carbons (Fsp3) is 0.615. The molecular formula is C13H23N5S. The van der Waals surface area contributed by atoms with Crippen molar-refractivity contribution in [2.75, 3.05) is 26.0 Å². The molecule has 0 amide bonds. The molecule has 5 nitrogen and oxygen atoms in total. The molecule has 3 N–H and O–H groups in total. The van der Waals surface area contributed by atoms with Gasteiger partial charge in [-0.25, -0.2) is 9.97 Å². The lowest BCUT2D eigenvalue weighted by atomic mass is 10.0. The molecule has 0 bridgehead atoms. The van der Waals surface area contributed by atoms with E-state index >= 15 is 0 Å². The monoisotopic (exact) mass is 281 g/mol. The zero-order valence-electron chi connectivity index (χ0n) is 12.1. The maximum absolute atomic E-state index is 5.50. The molecule has 1 atom stereocenters. The van der Waals surface area contributed by atoms with Gasteiger partial charge in [0.2, 0.25) is 0 Å². The third-order valence-corrected chi connectivity index (χ3v) is 2.81. The lowest BCUT2D eigenvalue weighted by Gasteiger charge is -2.24. The minimum Gasteiger partial charge on any atom is -0.388 e. The zero-order valence-corrected chi connectivity index (χ0v) is 12.9. The van der Waals surface area contributed by atoms with Crippen LogP contribution in [-0.4, -0.2) is 46.5 Å². The molecule has 1 unspecified atom stereocenters. The van der Waals surface area contributed by atoms with Crippen LogP contribution in [-0.2, 0) is 0 Å². The summed E-state index contributed by atoms with van der Waals surface area (Å²) in [6.45, 7) is 5.38. The number of rotatable bonds is 7. The molecule has 0 saturated heterocycles. The molecule has 0 aromatic carbocycles. The standard InChI is InChI=1S/C13H23N5S/c1-9(2)5-10(8-18(3)4)17-12-7-15-11(6-16-12)13(14)19/h6-7,9-10H,5,8H2,1-4H3,(H2,14,19)(H,16,17). The van der Waals surface area contributed by atoms with E-state index in [1.54, 1.807) is 12.4 Å². The molecule has 0 aliphatic rings. The molecule has 6 heteroatoms. The van der Waals surface area contributed by atoms with E-state index in [9.17, 15) is 0 Å². The van der Waals surface area contributed by atoms with Gasteiger partial charge in [-0.3, -0.25) is 0 Å². The van der Waals surface area contributed by atoms with E-state index in [1.807, 2.05) is 0 Å². The van der Waals surface area contributed by atoms with Gasteiger partial charge in [0.15, 0.2) is 0 Å². The van der Waals surface area contributed by atoms with Gasteiger partial charge in [0.05, 0.1) is 12.4 Å². The van der Waals surface area contributed by atoms with Crippen LogP contribution in [0.1, 0.15) is 26.0 Å². The fourth-order valence-electron chi connectivity index (χ4n) is 1.93. The molecule has 106 valence electrons. The second kappa shape index (κ2) is 7.35. The Kier molecular flexibility index (Phi) is 6.11. The van der Waals surface area contributed by atoms with Crippen molar-refractivity contribution in [3.63, 3.8) is 0 Å². The minimum absolute atomic E-state index is 0.270. The third-order valence-electron chi connectivity index (χ3n) is 2.60. The number of likely N-dealkylation sites (N-methyl/N-ethyl adjacent to an activating group) is 1. The summed E-state index contributed by atoms with van der Waals surface area (Å²) in [7, 11) is 4.13. The van der Waals surface area contributed by atoms with Crippen LogP contribution in [0.4, 0.5) is 5.82 Å². The number of nitrogens with two attached hydrogens (primary N) is 1. The second-order valence-electron chi connectivity index (χ2n) is 5.38. The smallest absolute Gasteiger partial charge is 0.144 e. The van der Waals surface area contributed by atoms with Gasteiger partial charge >= 0.3 is 0 Å². The number of nitrogens with zero attached hydrogens (tertiary/aromatic N) is 3. The number of hydrogen-bond acceptors (Lipinski definition) is 5. The third kappa shape index (κ3) is 5.94. The van der Waals surface area contributed by atoms with Crippen molar-refractivity contribution in [3.8, 4) is 0 Å². The number of hydrogen-bond donors (Lipinski definition) is 2. The van der Waals surface area contributed by atoms with Crippen molar-refractivity contribution in [3.05, 3.63) is 18.1 Å². The first kappa shape index (κ1) is 15.8. The van der Waals surface area contributed by atoms with E-state index in [0.717, 1.165) is 18.8 Å². The Hall–Kier alpha value is -1.27. The predicted octanol–water partition coefficient (Wildman–Crippen LogP) is 1.50. The Labute approximate surface area is 120 Å². The van der Waals surface area contributed by atoms with Gasteiger partial charge in [-0.15, -0.1) is 0 Å². The van der Waals surface area contributed by atoms with Crippen LogP contribution in [0.5, 0.6) is 0 Å². The Morgan fingerprint density at radius 3 is 2.47 bits per heavy atom. The van der Waals surface area contributed by atoms with E-state index in [0.29, 0.717) is 17.7 Å². The highest BCUT2D eigenvalue weighted by Crippen LogP contribution is 2.11. The van der Waals surface area contributed by atoms with Crippen molar-refractivity contribution >= 4 is 23.0 Å². The van der Waals surface area contributed by atoms with E-state index in [1.165, 1.54) is 0 Å². The average molecular weight is 281 g/mol. The summed E-state index contributed by atoms with van der Waals surface area (Å²) in [5.74, 6) is 1.38. The fourth-order valence-corrected chi connectivity index (χ4v) is 2.03. The first-order valence-electron chi connectivity index (χ1n) is 6.41. The topological polar surface area (TPSA) is 67.1 Å². The lowest BCUT2D eigenvalue weighted by Crippen LogP contribution is -2.33. The molecule has 0 spiro atoms. The normalized spacial score (nSPS) is 12.7. The van der Waals surface area contributed by atoms with E-state index in [4.69, 9.17) is 18.0 Å². The number of aromatic nitrogens is 2. The van der Waals surface area contributed by atoms with Crippen LogP contribution in [0, 0.1) is 5.92 Å². The Morgan fingerprint density at radius 2 is 2.05 bits per heavy atom. The van der Waals surface area contributed by atoms with Crippen molar-refractivity contribution in [2.24, 2.45) is 11.7 Å². The van der Waals surface area contributed by atoms with Crippen LogP contribution in [0.25, 0.3) is 0 Å². The maximum atomic E-state index is 5.50. The van der Waals surface area contributed by atoms with Crippen LogP contribution in [0.2, 0.25) is 0 Å². The highest BCUT2D eigenvalue weighted by Gasteiger charge is 2.12. The molecule has 19 heavy (non-hydrogen) atoms. The quantitative estimate of drug-likeness (QED) is 0.738. The largest absolute Gasteiger partial charge is 0.388 e. The molecule has 0 aliphatic carbocycles. The first-order valence-corrected chi connectivity index (χ1v) is 6.82. The second-order valence-corrected chi connectivity index (χ2v) is 5.82. The number of thiocarbonyl (C=S) groups is 1. The van der Waals surface area contributed by atoms with Crippen molar-refractivity contribution in [1.82, 2.24) is 14.9 Å². The average Bonchev–Trinajstić information content (AvgIpc) is 2.27. The number of nitrogens with one attached hydrogen (secondary N) is 1. The summed E-state index contributed by atoms with van der Waals surface area (Å²) >= 11 is 4.86. The highest BCUT2D eigenvalue weighted by atomic mass is 32.1. The first-order chi connectivity index (χ1) is 8.88. The van der Waals surface area contributed by atoms with Crippen LogP contribution in [0.15, 0.2) is 12.4 Å². The molecular weight excluding hydrogens is 258 g/mol. The lowest BCUT2D eigenvalue weighted by molar-refractivity contribution is 0.356. The molecule has 1 heterocycles. The van der Waals surface area contributed by atoms with Gasteiger partial charge in [0.25, 0.3) is 0 Å². The molecule has 1 aromatic rings. The Balaban J connectivity index is 2.69. The van der Waals surface area contributed by atoms with E-state index < -0.39 is 0 Å². The molecule has 1 rings (SSSR count). The molecule has 1 aromatic heterocycles. The van der Waals surface area contributed by atoms with Crippen LogP contribution < -0.4 is 11.1 Å². The van der Waals surface area contributed by atoms with Crippen molar-refractivity contribution in [2.45, 2.75) is 26.3 Å². The minimum atomic E-state index is 0.270. The van der Waals surface area contributed by atoms with Gasteiger partial charge in [-0.05, 0) is 26.4 Å². The summed E-state index contributed by atoms with van der Waals surface area (Å²) in [6, 6.07) is 0.347. The van der Waals surface area contributed by atoms with Crippen LogP contribution >= 0.6 is 12.2 Å². The van der Waals surface area contributed by atoms with E-state index in [2.05, 4.69) is 48.1 Å². The molecule has 0 fully saturated rings. The van der Waals surface area contributed by atoms with E-state index in [-0.39, 0.29) is 4.99 Å². The summed E-state index contributed by atoms with van der Waals surface area (Å²) in [5.41, 5.74) is 6.05. The molecule has 0 radical (unpaired) electrons. The zero-order chi connectivity index (χ0) is 14.4. The SMILES string of the molecule is CC(C)CC(CN(C)C)Nc1cnc(C(N)=S)cn1. The van der Waals surface area contributed by atoms with Gasteiger partial charge < -0.3 is 16.0 Å². The number of anilines is 1. The summed E-state index contributed by atoms with van der Waals surface area (Å²) in [6.07, 6.45) is 4.36. The molecule has 0 aliphatic heterocycles. The van der Waals surface area contributed by atoms with Crippen LogP contribution in [0.3, 0.4) is 0 Å². The van der Waals surface area contributed by atoms with Crippen molar-refractivity contribution in [1.29, 1.82) is 0 Å².